The van der Waals surface area contributed by atoms with Crippen LogP contribution in [0.3, 0.4) is 0 Å². The van der Waals surface area contributed by atoms with Gasteiger partial charge in [0.05, 0.1) is 0 Å². The smallest absolute Gasteiger partial charge is 0.250 e. The standard InChI is InChI=1S/C22H19BrN2O/c23-19-12-10-16(11-13-19)21(24-20-8-2-1-3-9-20)22(26)25-14-17-6-4-5-7-18(17)15-25/h1-13,21,24H,14-15H2. The van der Waals surface area contributed by atoms with Gasteiger partial charge in [-0.15, -0.1) is 0 Å². The van der Waals surface area contributed by atoms with E-state index in [4.69, 9.17) is 0 Å². The van der Waals surface area contributed by atoms with Crippen molar-refractivity contribution in [2.24, 2.45) is 0 Å². The van der Waals surface area contributed by atoms with Crippen LogP contribution in [-0.4, -0.2) is 10.8 Å². The molecular weight excluding hydrogens is 388 g/mol. The van der Waals surface area contributed by atoms with Crippen LogP contribution in [0.25, 0.3) is 0 Å². The predicted molar refractivity (Wildman–Crippen MR) is 108 cm³/mol. The molecule has 1 unspecified atom stereocenters. The zero-order chi connectivity index (χ0) is 17.9. The van der Waals surface area contributed by atoms with Crippen molar-refractivity contribution in [3.05, 3.63) is 100 Å². The van der Waals surface area contributed by atoms with Gasteiger partial charge in [-0.25, -0.2) is 0 Å². The van der Waals surface area contributed by atoms with E-state index in [0.29, 0.717) is 13.1 Å². The van der Waals surface area contributed by atoms with Gasteiger partial charge in [0.25, 0.3) is 0 Å². The van der Waals surface area contributed by atoms with E-state index in [2.05, 4.69) is 33.4 Å². The highest BCUT2D eigenvalue weighted by molar-refractivity contribution is 9.10. The normalized spacial score (nSPS) is 14.0. The van der Waals surface area contributed by atoms with E-state index >= 15 is 0 Å². The third kappa shape index (κ3) is 3.51. The number of carbonyl (C=O) groups is 1. The summed E-state index contributed by atoms with van der Waals surface area (Å²) in [4.78, 5) is 15.3. The second-order valence-electron chi connectivity index (χ2n) is 6.46. The van der Waals surface area contributed by atoms with Crippen LogP contribution in [0.15, 0.2) is 83.3 Å². The molecule has 1 aliphatic rings. The molecule has 3 aromatic carbocycles. The highest BCUT2D eigenvalue weighted by Gasteiger charge is 2.30. The van der Waals surface area contributed by atoms with E-state index in [1.165, 1.54) is 11.1 Å². The second kappa shape index (κ2) is 7.34. The first-order valence-corrected chi connectivity index (χ1v) is 9.42. The van der Waals surface area contributed by atoms with E-state index in [-0.39, 0.29) is 5.91 Å². The molecule has 1 N–H and O–H groups in total. The lowest BCUT2D eigenvalue weighted by molar-refractivity contribution is -0.132. The molecule has 1 heterocycles. The second-order valence-corrected chi connectivity index (χ2v) is 7.37. The monoisotopic (exact) mass is 406 g/mol. The van der Waals surface area contributed by atoms with Crippen LogP contribution in [0.2, 0.25) is 0 Å². The summed E-state index contributed by atoms with van der Waals surface area (Å²) in [6.45, 7) is 1.33. The minimum Gasteiger partial charge on any atom is -0.370 e. The van der Waals surface area contributed by atoms with Crippen molar-refractivity contribution in [3.8, 4) is 0 Å². The van der Waals surface area contributed by atoms with Gasteiger partial charge in [0.2, 0.25) is 5.91 Å². The van der Waals surface area contributed by atoms with Crippen molar-refractivity contribution in [3.63, 3.8) is 0 Å². The van der Waals surface area contributed by atoms with E-state index in [0.717, 1.165) is 15.7 Å². The van der Waals surface area contributed by atoms with Crippen LogP contribution < -0.4 is 5.32 Å². The van der Waals surface area contributed by atoms with Crippen molar-refractivity contribution < 1.29 is 4.79 Å². The third-order valence-electron chi connectivity index (χ3n) is 4.69. The van der Waals surface area contributed by atoms with Crippen LogP contribution in [0.4, 0.5) is 5.69 Å². The van der Waals surface area contributed by atoms with E-state index in [1.807, 2.05) is 71.6 Å². The molecule has 4 heteroatoms. The maximum Gasteiger partial charge on any atom is 0.250 e. The van der Waals surface area contributed by atoms with Gasteiger partial charge in [-0.2, -0.15) is 0 Å². The highest BCUT2D eigenvalue weighted by Crippen LogP contribution is 2.28. The fraction of sp³-hybridized carbons (Fsp3) is 0.136. The number of nitrogens with zero attached hydrogens (tertiary/aromatic N) is 1. The lowest BCUT2D eigenvalue weighted by Gasteiger charge is -2.25. The molecule has 4 rings (SSSR count). The molecule has 1 atom stereocenters. The summed E-state index contributed by atoms with van der Waals surface area (Å²) in [5, 5.41) is 3.41. The Labute approximate surface area is 161 Å². The summed E-state index contributed by atoms with van der Waals surface area (Å²) in [5.74, 6) is 0.0902. The van der Waals surface area contributed by atoms with Crippen LogP contribution in [-0.2, 0) is 17.9 Å². The Morgan fingerprint density at radius 2 is 1.42 bits per heavy atom. The first-order chi connectivity index (χ1) is 12.7. The number of para-hydroxylation sites is 1. The number of rotatable bonds is 4. The fourth-order valence-electron chi connectivity index (χ4n) is 3.32. The maximum atomic E-state index is 13.4. The zero-order valence-corrected chi connectivity index (χ0v) is 15.8. The first-order valence-electron chi connectivity index (χ1n) is 8.63. The topological polar surface area (TPSA) is 32.3 Å². The molecule has 0 radical (unpaired) electrons. The van der Waals surface area contributed by atoms with Crippen molar-refractivity contribution in [2.45, 2.75) is 19.1 Å². The number of hydrogen-bond donors (Lipinski definition) is 1. The Kier molecular flexibility index (Phi) is 4.76. The number of nitrogens with one attached hydrogen (secondary N) is 1. The summed E-state index contributed by atoms with van der Waals surface area (Å²) >= 11 is 3.47. The van der Waals surface area contributed by atoms with Crippen LogP contribution in [0, 0.1) is 0 Å². The molecule has 0 fully saturated rings. The van der Waals surface area contributed by atoms with Crippen LogP contribution >= 0.6 is 15.9 Å². The van der Waals surface area contributed by atoms with Gasteiger partial charge in [0.15, 0.2) is 0 Å². The molecule has 26 heavy (non-hydrogen) atoms. The highest BCUT2D eigenvalue weighted by atomic mass is 79.9. The summed E-state index contributed by atoms with van der Waals surface area (Å²) in [5.41, 5.74) is 4.36. The summed E-state index contributed by atoms with van der Waals surface area (Å²) in [6, 6.07) is 25.6. The number of hydrogen-bond acceptors (Lipinski definition) is 2. The maximum absolute atomic E-state index is 13.4. The minimum atomic E-state index is -0.417. The largest absolute Gasteiger partial charge is 0.370 e. The Hall–Kier alpha value is -2.59. The van der Waals surface area contributed by atoms with Gasteiger partial charge in [-0.1, -0.05) is 70.5 Å². The molecule has 3 nitrogen and oxygen atoms in total. The molecule has 1 amide bonds. The molecule has 1 aliphatic heterocycles. The van der Waals surface area contributed by atoms with E-state index in [9.17, 15) is 4.79 Å². The van der Waals surface area contributed by atoms with Crippen LogP contribution in [0.5, 0.6) is 0 Å². The Balaban J connectivity index is 1.62. The summed E-state index contributed by atoms with van der Waals surface area (Å²) in [7, 11) is 0. The molecule has 0 spiro atoms. The molecule has 0 saturated carbocycles. The van der Waals surface area contributed by atoms with Crippen LogP contribution in [0.1, 0.15) is 22.7 Å². The Morgan fingerprint density at radius 3 is 2.04 bits per heavy atom. The number of carbonyl (C=O) groups excluding carboxylic acids is 1. The van der Waals surface area contributed by atoms with Gasteiger partial charge < -0.3 is 10.2 Å². The van der Waals surface area contributed by atoms with Crippen molar-refractivity contribution >= 4 is 27.5 Å². The van der Waals surface area contributed by atoms with Crippen molar-refractivity contribution in [2.75, 3.05) is 5.32 Å². The zero-order valence-electron chi connectivity index (χ0n) is 14.2. The molecule has 0 aliphatic carbocycles. The molecular formula is C22H19BrN2O. The van der Waals surface area contributed by atoms with E-state index in [1.54, 1.807) is 0 Å². The molecule has 0 saturated heterocycles. The minimum absolute atomic E-state index is 0.0902. The molecule has 0 bridgehead atoms. The number of halogens is 1. The fourth-order valence-corrected chi connectivity index (χ4v) is 3.58. The average Bonchev–Trinajstić information content (AvgIpc) is 3.11. The van der Waals surface area contributed by atoms with Crippen molar-refractivity contribution in [1.29, 1.82) is 0 Å². The van der Waals surface area contributed by atoms with Gasteiger partial charge in [0, 0.05) is 23.2 Å². The van der Waals surface area contributed by atoms with Gasteiger partial charge in [-0.05, 0) is 41.0 Å². The summed E-state index contributed by atoms with van der Waals surface area (Å²) < 4.78 is 1.00. The SMILES string of the molecule is O=C(C(Nc1ccccc1)c1ccc(Br)cc1)N1Cc2ccccc2C1. The first kappa shape index (κ1) is 16.9. The Morgan fingerprint density at radius 1 is 0.846 bits per heavy atom. The van der Waals surface area contributed by atoms with Crippen molar-refractivity contribution in [1.82, 2.24) is 4.90 Å². The summed E-state index contributed by atoms with van der Waals surface area (Å²) in [6.07, 6.45) is 0. The quantitative estimate of drug-likeness (QED) is 0.649. The number of amides is 1. The third-order valence-corrected chi connectivity index (χ3v) is 5.22. The van der Waals surface area contributed by atoms with Gasteiger partial charge in [0.1, 0.15) is 6.04 Å². The number of anilines is 1. The molecule has 3 aromatic rings. The number of benzene rings is 3. The van der Waals surface area contributed by atoms with Gasteiger partial charge >= 0.3 is 0 Å². The lowest BCUT2D eigenvalue weighted by Crippen LogP contribution is -2.34. The lowest BCUT2D eigenvalue weighted by atomic mass is 10.0. The Bertz CT molecular complexity index is 884. The predicted octanol–water partition coefficient (Wildman–Crippen LogP) is 5.14. The molecule has 0 aromatic heterocycles. The van der Waals surface area contributed by atoms with Gasteiger partial charge in [-0.3, -0.25) is 4.79 Å². The molecule has 130 valence electrons. The van der Waals surface area contributed by atoms with E-state index < -0.39 is 6.04 Å². The number of fused-ring (bicyclic) bond motifs is 1. The average molecular weight is 407 g/mol.